The number of hydrogen-bond acceptors (Lipinski definition) is 5. The van der Waals surface area contributed by atoms with Crippen molar-refractivity contribution in [2.75, 3.05) is 10.2 Å². The molecule has 8 nitrogen and oxygen atoms in total. The number of halogens is 3. The molecule has 3 N–H and O–H groups in total. The Hall–Kier alpha value is -4.41. The molecule has 0 radical (unpaired) electrons. The van der Waals surface area contributed by atoms with Crippen molar-refractivity contribution >= 4 is 34.9 Å². The van der Waals surface area contributed by atoms with Crippen molar-refractivity contribution in [1.82, 2.24) is 4.98 Å². The summed E-state index contributed by atoms with van der Waals surface area (Å²) in [4.78, 5) is 42.1. The van der Waals surface area contributed by atoms with Crippen LogP contribution >= 0.6 is 0 Å². The van der Waals surface area contributed by atoms with Crippen molar-refractivity contribution < 1.29 is 32.3 Å². The second-order valence-corrected chi connectivity index (χ2v) is 9.04. The summed E-state index contributed by atoms with van der Waals surface area (Å²) in [7, 11) is 0. The third-order valence-electron chi connectivity index (χ3n) is 6.32. The summed E-state index contributed by atoms with van der Waals surface area (Å²) in [5.74, 6) is -4.82. The number of carbonyl (C=O) groups is 3. The number of aromatic nitrogens is 1. The number of benzene rings is 2. The van der Waals surface area contributed by atoms with Crippen molar-refractivity contribution in [3.05, 3.63) is 72.2 Å². The van der Waals surface area contributed by atoms with Crippen LogP contribution in [0.4, 0.5) is 30.4 Å². The van der Waals surface area contributed by atoms with Gasteiger partial charge in [0, 0.05) is 36.0 Å². The van der Waals surface area contributed by atoms with Crippen LogP contribution in [0, 0.1) is 28.8 Å². The Balaban J connectivity index is 1.46. The van der Waals surface area contributed by atoms with E-state index in [0.29, 0.717) is 0 Å². The summed E-state index contributed by atoms with van der Waals surface area (Å²) < 4.78 is 49.5. The number of rotatable bonds is 8. The van der Waals surface area contributed by atoms with Crippen molar-refractivity contribution in [2.24, 2.45) is 17.1 Å². The summed E-state index contributed by atoms with van der Waals surface area (Å²) in [6.45, 7) is 0. The normalized spacial score (nSPS) is 15.5. The van der Waals surface area contributed by atoms with Gasteiger partial charge in [0.15, 0.2) is 17.4 Å². The Bertz CT molecular complexity index is 1410. The minimum absolute atomic E-state index is 0.0241. The number of anilines is 3. The first-order chi connectivity index (χ1) is 17.7. The molecule has 2 aliphatic carbocycles. The van der Waals surface area contributed by atoms with E-state index in [2.05, 4.69) is 10.3 Å². The molecule has 2 saturated carbocycles. The standard InChI is InChI=1S/C26H21F3N4O4/c27-15-3-5-16(6-4-15)33(25(36)26(8-9-26)24(30)35)20-12-19(29)21(13-18(20)28)37-17-7-10-31-22(11-17)32-23(34)14-1-2-14/h3-7,10-14H,1-2,8-9H2,(H2,30,35)(H,31,32,34). The highest BCUT2D eigenvalue weighted by Gasteiger charge is 2.57. The van der Waals surface area contributed by atoms with E-state index in [1.165, 1.54) is 30.5 Å². The molecule has 0 aliphatic heterocycles. The van der Waals surface area contributed by atoms with Crippen molar-refractivity contribution in [3.63, 3.8) is 0 Å². The number of pyridine rings is 1. The quantitative estimate of drug-likeness (QED) is 0.431. The van der Waals surface area contributed by atoms with E-state index in [-0.39, 0.29) is 41.9 Å². The molecule has 0 saturated heterocycles. The topological polar surface area (TPSA) is 115 Å². The summed E-state index contributed by atoms with van der Waals surface area (Å²) in [5, 5.41) is 2.64. The molecular weight excluding hydrogens is 489 g/mol. The second kappa shape index (κ2) is 9.23. The van der Waals surface area contributed by atoms with Crippen LogP contribution in [0.25, 0.3) is 0 Å². The number of hydrogen-bond donors (Lipinski definition) is 2. The van der Waals surface area contributed by atoms with E-state index in [0.717, 1.165) is 42.0 Å². The molecule has 11 heteroatoms. The first kappa shape index (κ1) is 24.3. The van der Waals surface area contributed by atoms with E-state index >= 15 is 8.78 Å². The van der Waals surface area contributed by atoms with Crippen molar-refractivity contribution in [1.29, 1.82) is 0 Å². The Kier molecular flexibility index (Phi) is 6.06. The van der Waals surface area contributed by atoms with Crippen LogP contribution < -0.4 is 20.7 Å². The fourth-order valence-corrected chi connectivity index (χ4v) is 3.87. The zero-order chi connectivity index (χ0) is 26.3. The molecule has 37 heavy (non-hydrogen) atoms. The van der Waals surface area contributed by atoms with Gasteiger partial charge in [-0.05, 0) is 56.0 Å². The second-order valence-electron chi connectivity index (χ2n) is 9.04. The van der Waals surface area contributed by atoms with Gasteiger partial charge in [-0.25, -0.2) is 18.2 Å². The number of nitrogens with two attached hydrogens (primary N) is 1. The third kappa shape index (κ3) is 4.84. The van der Waals surface area contributed by atoms with Crippen LogP contribution in [-0.4, -0.2) is 22.7 Å². The van der Waals surface area contributed by atoms with Crippen molar-refractivity contribution in [2.45, 2.75) is 25.7 Å². The molecule has 1 aromatic heterocycles. The number of amides is 3. The zero-order valence-electron chi connectivity index (χ0n) is 19.3. The Morgan fingerprint density at radius 1 is 1.00 bits per heavy atom. The number of nitrogens with zero attached hydrogens (tertiary/aromatic N) is 2. The number of primary amides is 1. The molecular formula is C26H21F3N4O4. The smallest absolute Gasteiger partial charge is 0.247 e. The van der Waals surface area contributed by atoms with Crippen LogP contribution in [0.2, 0.25) is 0 Å². The first-order valence-electron chi connectivity index (χ1n) is 11.5. The van der Waals surface area contributed by atoms with E-state index in [1.54, 1.807) is 0 Å². The molecule has 2 fully saturated rings. The fourth-order valence-electron chi connectivity index (χ4n) is 3.87. The molecule has 190 valence electrons. The van der Waals surface area contributed by atoms with Gasteiger partial charge in [0.05, 0.1) is 5.69 Å². The van der Waals surface area contributed by atoms with Crippen LogP contribution in [0.1, 0.15) is 25.7 Å². The van der Waals surface area contributed by atoms with E-state index in [1.807, 2.05) is 0 Å². The first-order valence-corrected chi connectivity index (χ1v) is 11.5. The van der Waals surface area contributed by atoms with Crippen LogP contribution in [0.15, 0.2) is 54.7 Å². The molecule has 0 atom stereocenters. The maximum absolute atomic E-state index is 15.4. The van der Waals surface area contributed by atoms with Gasteiger partial charge in [-0.15, -0.1) is 0 Å². The number of ether oxygens (including phenoxy) is 1. The predicted octanol–water partition coefficient (Wildman–Crippen LogP) is 4.57. The average molecular weight is 510 g/mol. The highest BCUT2D eigenvalue weighted by atomic mass is 19.1. The average Bonchev–Trinajstić information content (AvgIpc) is 3.76. The van der Waals surface area contributed by atoms with Gasteiger partial charge < -0.3 is 15.8 Å². The molecule has 0 bridgehead atoms. The summed E-state index contributed by atoms with van der Waals surface area (Å²) in [6, 6.07) is 8.78. The zero-order valence-corrected chi connectivity index (χ0v) is 19.3. The van der Waals surface area contributed by atoms with Gasteiger partial charge in [-0.2, -0.15) is 0 Å². The van der Waals surface area contributed by atoms with Gasteiger partial charge >= 0.3 is 0 Å². The van der Waals surface area contributed by atoms with Gasteiger partial charge in [0.2, 0.25) is 17.7 Å². The van der Waals surface area contributed by atoms with E-state index in [4.69, 9.17) is 10.5 Å². The lowest BCUT2D eigenvalue weighted by Gasteiger charge is -2.27. The van der Waals surface area contributed by atoms with Gasteiger partial charge in [-0.3, -0.25) is 19.3 Å². The molecule has 3 aromatic rings. The molecule has 0 unspecified atom stereocenters. The minimum Gasteiger partial charge on any atom is -0.454 e. The lowest BCUT2D eigenvalue weighted by Crippen LogP contribution is -2.41. The Morgan fingerprint density at radius 2 is 1.70 bits per heavy atom. The van der Waals surface area contributed by atoms with E-state index in [9.17, 15) is 18.8 Å². The number of carbonyl (C=O) groups excluding carboxylic acids is 3. The summed E-state index contributed by atoms with van der Waals surface area (Å²) in [6.07, 6.45) is 3.26. The molecule has 5 rings (SSSR count). The van der Waals surface area contributed by atoms with Crippen LogP contribution in [0.5, 0.6) is 11.5 Å². The van der Waals surface area contributed by atoms with Gasteiger partial charge in [0.1, 0.15) is 22.8 Å². The molecule has 0 spiro atoms. The molecule has 2 aromatic carbocycles. The lowest BCUT2D eigenvalue weighted by atomic mass is 10.0. The lowest BCUT2D eigenvalue weighted by molar-refractivity contribution is -0.133. The summed E-state index contributed by atoms with van der Waals surface area (Å²) in [5.41, 5.74) is 3.40. The fraction of sp³-hybridized carbons (Fsp3) is 0.231. The van der Waals surface area contributed by atoms with Gasteiger partial charge in [-0.1, -0.05) is 0 Å². The molecule has 1 heterocycles. The van der Waals surface area contributed by atoms with E-state index < -0.39 is 46.1 Å². The molecule has 2 aliphatic rings. The predicted molar refractivity (Wildman–Crippen MR) is 126 cm³/mol. The SMILES string of the molecule is NC(=O)C1(C(=O)N(c2ccc(F)cc2)c2cc(F)c(Oc3ccnc(NC(=O)C4CC4)c3)cc2F)CC1. The van der Waals surface area contributed by atoms with Gasteiger partial charge in [0.25, 0.3) is 0 Å². The van der Waals surface area contributed by atoms with Crippen molar-refractivity contribution in [3.8, 4) is 11.5 Å². The van der Waals surface area contributed by atoms with Crippen LogP contribution in [-0.2, 0) is 14.4 Å². The maximum Gasteiger partial charge on any atom is 0.247 e. The third-order valence-corrected chi connectivity index (χ3v) is 6.32. The maximum atomic E-state index is 15.4. The monoisotopic (exact) mass is 510 g/mol. The van der Waals surface area contributed by atoms with Crippen LogP contribution in [0.3, 0.4) is 0 Å². The highest BCUT2D eigenvalue weighted by molar-refractivity contribution is 6.16. The largest absolute Gasteiger partial charge is 0.454 e. The Morgan fingerprint density at radius 3 is 2.32 bits per heavy atom. The Labute approximate surface area is 209 Å². The summed E-state index contributed by atoms with van der Waals surface area (Å²) >= 11 is 0. The highest BCUT2D eigenvalue weighted by Crippen LogP contribution is 2.49. The molecule has 3 amide bonds. The number of nitrogens with one attached hydrogen (secondary N) is 1. The minimum atomic E-state index is -1.55.